The average Bonchev–Trinajstić information content (AvgIpc) is 2.86. The normalized spacial score (nSPS) is 10.9. The van der Waals surface area contributed by atoms with E-state index in [0.717, 1.165) is 12.0 Å². The molecule has 0 aliphatic heterocycles. The van der Waals surface area contributed by atoms with Gasteiger partial charge in [0.05, 0.1) is 5.56 Å². The molecule has 3 aromatic carbocycles. The zero-order chi connectivity index (χ0) is 24.8. The van der Waals surface area contributed by atoms with Crippen LogP contribution in [0.2, 0.25) is 0 Å². The van der Waals surface area contributed by atoms with Crippen LogP contribution in [-0.2, 0) is 12.8 Å². The van der Waals surface area contributed by atoms with Gasteiger partial charge in [-0.05, 0) is 54.2 Å². The van der Waals surface area contributed by atoms with Gasteiger partial charge in [-0.1, -0.05) is 62.4 Å². The van der Waals surface area contributed by atoms with Crippen LogP contribution in [0.1, 0.15) is 45.7 Å². The van der Waals surface area contributed by atoms with Gasteiger partial charge in [0.2, 0.25) is 0 Å². The van der Waals surface area contributed by atoms with Gasteiger partial charge in [0.15, 0.2) is 0 Å². The SMILES string of the molecule is CC(C)CNC(=O)c1cc2ccc(OC(=O)c3ccccc3CCc3ccccc3)cc2oc1=O. The Morgan fingerprint density at radius 1 is 0.886 bits per heavy atom. The fraction of sp³-hybridized carbons (Fsp3) is 0.207. The highest BCUT2D eigenvalue weighted by atomic mass is 16.5. The molecule has 6 nitrogen and oxygen atoms in total. The molecule has 0 aliphatic rings. The average molecular weight is 470 g/mol. The number of benzene rings is 3. The molecule has 1 heterocycles. The van der Waals surface area contributed by atoms with Crippen LogP contribution in [0.4, 0.5) is 0 Å². The summed E-state index contributed by atoms with van der Waals surface area (Å²) in [4.78, 5) is 37.6. The lowest BCUT2D eigenvalue weighted by atomic mass is 10.00. The minimum atomic E-state index is -0.742. The molecule has 0 saturated heterocycles. The van der Waals surface area contributed by atoms with Crippen molar-refractivity contribution < 1.29 is 18.7 Å². The van der Waals surface area contributed by atoms with Gasteiger partial charge in [-0.2, -0.15) is 0 Å². The highest BCUT2D eigenvalue weighted by Gasteiger charge is 2.16. The van der Waals surface area contributed by atoms with E-state index in [-0.39, 0.29) is 22.8 Å². The number of carbonyl (C=O) groups is 2. The first kappa shape index (κ1) is 24.0. The number of carbonyl (C=O) groups excluding carboxylic acids is 2. The van der Waals surface area contributed by atoms with E-state index in [9.17, 15) is 14.4 Å². The predicted octanol–water partition coefficient (Wildman–Crippen LogP) is 5.18. The van der Waals surface area contributed by atoms with Crippen LogP contribution in [0, 0.1) is 5.92 Å². The maximum absolute atomic E-state index is 13.0. The molecular weight excluding hydrogens is 442 g/mol. The van der Waals surface area contributed by atoms with Gasteiger partial charge in [-0.3, -0.25) is 4.79 Å². The Kier molecular flexibility index (Phi) is 7.41. The van der Waals surface area contributed by atoms with Crippen molar-refractivity contribution in [2.75, 3.05) is 6.54 Å². The fourth-order valence-corrected chi connectivity index (χ4v) is 3.73. The second-order valence-corrected chi connectivity index (χ2v) is 8.78. The smallest absolute Gasteiger partial charge is 0.349 e. The fourth-order valence-electron chi connectivity index (χ4n) is 3.73. The number of aryl methyl sites for hydroxylation is 2. The van der Waals surface area contributed by atoms with Gasteiger partial charge < -0.3 is 14.5 Å². The number of ether oxygens (including phenoxy) is 1. The lowest BCUT2D eigenvalue weighted by Crippen LogP contribution is -2.31. The van der Waals surface area contributed by atoms with Gasteiger partial charge >= 0.3 is 11.6 Å². The summed E-state index contributed by atoms with van der Waals surface area (Å²) in [5.74, 6) is -0.454. The van der Waals surface area contributed by atoms with E-state index in [0.29, 0.717) is 23.9 Å². The Morgan fingerprint density at radius 2 is 1.63 bits per heavy atom. The van der Waals surface area contributed by atoms with Crippen LogP contribution >= 0.6 is 0 Å². The van der Waals surface area contributed by atoms with E-state index in [2.05, 4.69) is 17.4 Å². The van der Waals surface area contributed by atoms with Crippen molar-refractivity contribution in [2.45, 2.75) is 26.7 Å². The molecule has 0 atom stereocenters. The molecule has 1 amide bonds. The zero-order valence-electron chi connectivity index (χ0n) is 19.7. The molecule has 1 aromatic heterocycles. The van der Waals surface area contributed by atoms with E-state index in [1.807, 2.05) is 44.2 Å². The lowest BCUT2D eigenvalue weighted by Gasteiger charge is -2.10. The van der Waals surface area contributed by atoms with Gasteiger partial charge in [-0.15, -0.1) is 0 Å². The van der Waals surface area contributed by atoms with Crippen LogP contribution < -0.4 is 15.7 Å². The summed E-state index contributed by atoms with van der Waals surface area (Å²) in [6.07, 6.45) is 1.50. The van der Waals surface area contributed by atoms with Crippen molar-refractivity contribution >= 4 is 22.8 Å². The number of esters is 1. The molecular formula is C29H27NO5. The van der Waals surface area contributed by atoms with Crippen LogP contribution in [0.25, 0.3) is 11.0 Å². The van der Waals surface area contributed by atoms with E-state index in [4.69, 9.17) is 9.15 Å². The monoisotopic (exact) mass is 469 g/mol. The van der Waals surface area contributed by atoms with Gasteiger partial charge in [0.25, 0.3) is 5.91 Å². The Labute approximate surface area is 203 Å². The number of rotatable bonds is 8. The summed E-state index contributed by atoms with van der Waals surface area (Å²) >= 11 is 0. The Hall–Kier alpha value is -4.19. The first-order valence-corrected chi connectivity index (χ1v) is 11.6. The molecule has 0 fully saturated rings. The summed E-state index contributed by atoms with van der Waals surface area (Å²) in [5.41, 5.74) is 2.01. The molecule has 0 saturated carbocycles. The van der Waals surface area contributed by atoms with Crippen LogP contribution in [0.15, 0.2) is 88.1 Å². The van der Waals surface area contributed by atoms with Gasteiger partial charge in [-0.25, -0.2) is 9.59 Å². The third-order valence-electron chi connectivity index (χ3n) is 5.60. The van der Waals surface area contributed by atoms with Crippen molar-refractivity contribution in [3.63, 3.8) is 0 Å². The molecule has 4 rings (SSSR count). The largest absolute Gasteiger partial charge is 0.423 e. The summed E-state index contributed by atoms with van der Waals surface area (Å²) < 4.78 is 11.0. The minimum absolute atomic E-state index is 0.0600. The van der Waals surface area contributed by atoms with E-state index in [1.165, 1.54) is 17.7 Å². The highest BCUT2D eigenvalue weighted by molar-refractivity contribution is 5.97. The molecule has 0 aliphatic carbocycles. The third kappa shape index (κ3) is 6.03. The van der Waals surface area contributed by atoms with Crippen LogP contribution in [0.3, 0.4) is 0 Å². The molecule has 0 bridgehead atoms. The maximum atomic E-state index is 13.0. The second-order valence-electron chi connectivity index (χ2n) is 8.78. The molecule has 178 valence electrons. The van der Waals surface area contributed by atoms with E-state index >= 15 is 0 Å². The van der Waals surface area contributed by atoms with Gasteiger partial charge in [0, 0.05) is 18.0 Å². The molecule has 4 aromatic rings. The Bertz CT molecular complexity index is 1410. The number of nitrogens with one attached hydrogen (secondary N) is 1. The molecule has 0 unspecified atom stereocenters. The van der Waals surface area contributed by atoms with Crippen LogP contribution in [0.5, 0.6) is 5.75 Å². The highest BCUT2D eigenvalue weighted by Crippen LogP contribution is 2.22. The van der Waals surface area contributed by atoms with Crippen molar-refractivity contribution in [1.29, 1.82) is 0 Å². The summed E-state index contributed by atoms with van der Waals surface area (Å²) in [6.45, 7) is 4.39. The van der Waals surface area contributed by atoms with Crippen molar-refractivity contribution in [1.82, 2.24) is 5.32 Å². The molecule has 0 radical (unpaired) electrons. The quantitative estimate of drug-likeness (QED) is 0.218. The van der Waals surface area contributed by atoms with Crippen molar-refractivity contribution in [2.24, 2.45) is 5.92 Å². The third-order valence-corrected chi connectivity index (χ3v) is 5.60. The van der Waals surface area contributed by atoms with Crippen molar-refractivity contribution in [3.8, 4) is 5.75 Å². The first-order chi connectivity index (χ1) is 16.9. The number of amides is 1. The van der Waals surface area contributed by atoms with Gasteiger partial charge in [0.1, 0.15) is 16.9 Å². The number of hydrogen-bond acceptors (Lipinski definition) is 5. The molecule has 1 N–H and O–H groups in total. The minimum Gasteiger partial charge on any atom is -0.423 e. The molecule has 6 heteroatoms. The summed E-state index contributed by atoms with van der Waals surface area (Å²) in [7, 11) is 0. The second kappa shape index (κ2) is 10.8. The first-order valence-electron chi connectivity index (χ1n) is 11.6. The van der Waals surface area contributed by atoms with Crippen molar-refractivity contribution in [3.05, 3.63) is 112 Å². The number of hydrogen-bond donors (Lipinski definition) is 1. The Balaban J connectivity index is 1.51. The standard InChI is InChI=1S/C29H27NO5/c1-19(2)18-30-27(31)25-16-22-14-15-23(17-26(22)35-29(25)33)34-28(32)24-11-7-6-10-21(24)13-12-20-8-4-3-5-9-20/h3-11,14-17,19H,12-13,18H2,1-2H3,(H,30,31). The van der Waals surface area contributed by atoms with Crippen LogP contribution in [-0.4, -0.2) is 18.4 Å². The molecule has 0 spiro atoms. The van der Waals surface area contributed by atoms with E-state index in [1.54, 1.807) is 24.3 Å². The Morgan fingerprint density at radius 3 is 2.40 bits per heavy atom. The number of fused-ring (bicyclic) bond motifs is 1. The molecule has 35 heavy (non-hydrogen) atoms. The zero-order valence-corrected chi connectivity index (χ0v) is 19.7. The topological polar surface area (TPSA) is 85.6 Å². The van der Waals surface area contributed by atoms with E-state index < -0.39 is 17.5 Å². The summed E-state index contributed by atoms with van der Waals surface area (Å²) in [6, 6.07) is 23.7. The maximum Gasteiger partial charge on any atom is 0.349 e. The predicted molar refractivity (Wildman–Crippen MR) is 135 cm³/mol. The lowest BCUT2D eigenvalue weighted by molar-refractivity contribution is 0.0733. The summed E-state index contributed by atoms with van der Waals surface area (Å²) in [5, 5.41) is 3.27.